The van der Waals surface area contributed by atoms with Gasteiger partial charge in [-0.3, -0.25) is 0 Å². The van der Waals surface area contributed by atoms with Gasteiger partial charge in [0.05, 0.1) is 16.3 Å². The average Bonchev–Trinajstić information content (AvgIpc) is 3.33. The van der Waals surface area contributed by atoms with Crippen LogP contribution < -0.4 is 0 Å². The summed E-state index contributed by atoms with van der Waals surface area (Å²) in [7, 11) is 0. The quantitative estimate of drug-likeness (QED) is 0.277. The first-order valence-electron chi connectivity index (χ1n) is 9.87. The molecular weight excluding hydrogens is 424 g/mol. The summed E-state index contributed by atoms with van der Waals surface area (Å²) in [6.45, 7) is 8.93. The minimum absolute atomic E-state index is 0.0489. The van der Waals surface area contributed by atoms with Crippen molar-refractivity contribution in [2.45, 2.75) is 38.0 Å². The van der Waals surface area contributed by atoms with Crippen molar-refractivity contribution in [2.24, 2.45) is 0 Å². The first kappa shape index (κ1) is 19.7. The number of benzene rings is 2. The van der Waals surface area contributed by atoms with Gasteiger partial charge in [0.2, 0.25) is 0 Å². The predicted molar refractivity (Wildman–Crippen MR) is 134 cm³/mol. The first-order chi connectivity index (χ1) is 14.3. The number of hydrogen-bond acceptors (Lipinski definition) is 5. The van der Waals surface area contributed by atoms with E-state index in [1.165, 1.54) is 31.3 Å². The maximum atomic E-state index is 4.91. The van der Waals surface area contributed by atoms with Crippen LogP contribution in [-0.4, -0.2) is 9.97 Å². The van der Waals surface area contributed by atoms with Gasteiger partial charge in [0.15, 0.2) is 0 Å². The molecule has 0 aliphatic carbocycles. The Kier molecular flexibility index (Phi) is 4.73. The molecule has 30 heavy (non-hydrogen) atoms. The van der Waals surface area contributed by atoms with E-state index in [0.29, 0.717) is 0 Å². The topological polar surface area (TPSA) is 25.8 Å². The van der Waals surface area contributed by atoms with Crippen LogP contribution in [0.3, 0.4) is 0 Å². The van der Waals surface area contributed by atoms with Crippen molar-refractivity contribution in [3.8, 4) is 22.5 Å². The molecule has 0 aliphatic heterocycles. The highest BCUT2D eigenvalue weighted by Crippen LogP contribution is 2.40. The minimum Gasteiger partial charge on any atom is -0.235 e. The zero-order valence-corrected chi connectivity index (χ0v) is 19.9. The maximum Gasteiger partial charge on any atom is 0.116 e. The largest absolute Gasteiger partial charge is 0.235 e. The number of rotatable bonds is 2. The lowest BCUT2D eigenvalue weighted by Gasteiger charge is -2.21. The lowest BCUT2D eigenvalue weighted by atomic mass is 9.85. The minimum atomic E-state index is 0.0489. The summed E-state index contributed by atoms with van der Waals surface area (Å²) in [5, 5.41) is 6.89. The second kappa shape index (κ2) is 7.19. The van der Waals surface area contributed by atoms with E-state index >= 15 is 0 Å². The molecule has 0 unspecified atom stereocenters. The summed E-state index contributed by atoms with van der Waals surface area (Å²) in [5.74, 6) is 0. The number of thiophene rings is 2. The van der Waals surface area contributed by atoms with Crippen molar-refractivity contribution in [3.63, 3.8) is 0 Å². The lowest BCUT2D eigenvalue weighted by molar-refractivity contribution is 0.597. The van der Waals surface area contributed by atoms with Gasteiger partial charge in [0.25, 0.3) is 0 Å². The third kappa shape index (κ3) is 3.25. The molecular formula is C25H22N2S3. The SMILES string of the molecule is Cc1csc2ccc(-c3ncnc(-c4cc(C(C)(C)C)c5sccc5c4)c3S)cc12. The fourth-order valence-corrected chi connectivity index (χ4v) is 6.28. The van der Waals surface area contributed by atoms with Gasteiger partial charge in [-0.05, 0) is 75.3 Å². The van der Waals surface area contributed by atoms with Gasteiger partial charge >= 0.3 is 0 Å². The Morgan fingerprint density at radius 1 is 0.900 bits per heavy atom. The molecule has 0 atom stereocenters. The van der Waals surface area contributed by atoms with Crippen molar-refractivity contribution in [2.75, 3.05) is 0 Å². The summed E-state index contributed by atoms with van der Waals surface area (Å²) in [6.07, 6.45) is 1.66. The third-order valence-electron chi connectivity index (χ3n) is 5.50. The molecule has 0 aliphatic rings. The van der Waals surface area contributed by atoms with E-state index in [9.17, 15) is 0 Å². The van der Waals surface area contributed by atoms with E-state index in [1.54, 1.807) is 29.0 Å². The Morgan fingerprint density at radius 2 is 1.67 bits per heavy atom. The van der Waals surface area contributed by atoms with Gasteiger partial charge in [-0.15, -0.1) is 35.3 Å². The Bertz CT molecular complexity index is 1400. The van der Waals surface area contributed by atoms with Crippen molar-refractivity contribution >= 4 is 55.5 Å². The van der Waals surface area contributed by atoms with Crippen LogP contribution in [0.25, 0.3) is 42.7 Å². The van der Waals surface area contributed by atoms with E-state index in [1.807, 2.05) is 0 Å². The molecule has 0 saturated heterocycles. The van der Waals surface area contributed by atoms with Crippen LogP contribution in [0.2, 0.25) is 0 Å². The fraction of sp³-hybridized carbons (Fsp3) is 0.200. The second-order valence-corrected chi connectivity index (χ2v) is 10.9. The highest BCUT2D eigenvalue weighted by molar-refractivity contribution is 7.80. The summed E-state index contributed by atoms with van der Waals surface area (Å²) in [5.41, 5.74) is 6.60. The molecule has 0 radical (unpaired) electrons. The van der Waals surface area contributed by atoms with Gasteiger partial charge in [-0.1, -0.05) is 26.8 Å². The Morgan fingerprint density at radius 3 is 2.43 bits per heavy atom. The molecule has 0 N–H and O–H groups in total. The van der Waals surface area contributed by atoms with Crippen LogP contribution in [0.1, 0.15) is 31.9 Å². The molecule has 5 heteroatoms. The molecule has 150 valence electrons. The summed E-state index contributed by atoms with van der Waals surface area (Å²) < 4.78 is 2.64. The van der Waals surface area contributed by atoms with Gasteiger partial charge in [0, 0.05) is 20.5 Å². The third-order valence-corrected chi connectivity index (χ3v) is 7.96. The maximum absolute atomic E-state index is 4.91. The molecule has 0 amide bonds. The zero-order chi connectivity index (χ0) is 21.0. The molecule has 5 aromatic rings. The highest BCUT2D eigenvalue weighted by Gasteiger charge is 2.21. The van der Waals surface area contributed by atoms with Gasteiger partial charge < -0.3 is 0 Å². The van der Waals surface area contributed by atoms with E-state index in [0.717, 1.165) is 27.4 Å². The molecule has 5 rings (SSSR count). The van der Waals surface area contributed by atoms with Crippen molar-refractivity contribution < 1.29 is 0 Å². The molecule has 2 aromatic carbocycles. The van der Waals surface area contributed by atoms with E-state index in [-0.39, 0.29) is 5.41 Å². The normalized spacial score (nSPS) is 12.2. The predicted octanol–water partition coefficient (Wildman–Crippen LogP) is 8.13. The van der Waals surface area contributed by atoms with Crippen molar-refractivity contribution in [3.05, 3.63) is 64.6 Å². The standard InChI is InChI=1S/C25H22N2S3/c1-14-12-30-20-6-5-15(10-18(14)20)21-23(28)22(27-13-26-21)17-9-16-7-8-29-24(16)19(11-17)25(2,3)4/h5-13,28H,1-4H3. The number of aryl methyl sites for hydroxylation is 1. The van der Waals surface area contributed by atoms with Crippen molar-refractivity contribution in [1.82, 2.24) is 9.97 Å². The molecule has 0 bridgehead atoms. The summed E-state index contributed by atoms with van der Waals surface area (Å²) in [4.78, 5) is 10.1. The van der Waals surface area contributed by atoms with Crippen LogP contribution in [0, 0.1) is 6.92 Å². The second-order valence-electron chi connectivity index (χ2n) is 8.66. The fourth-order valence-electron chi connectivity index (χ4n) is 3.88. The zero-order valence-electron chi connectivity index (χ0n) is 17.4. The molecule has 3 aromatic heterocycles. The number of nitrogens with zero attached hydrogens (tertiary/aromatic N) is 2. The molecule has 0 saturated carbocycles. The molecule has 3 heterocycles. The van der Waals surface area contributed by atoms with Crippen LogP contribution in [0.5, 0.6) is 0 Å². The molecule has 2 nitrogen and oxygen atoms in total. The number of fused-ring (bicyclic) bond motifs is 2. The van der Waals surface area contributed by atoms with E-state index in [4.69, 9.17) is 12.6 Å². The highest BCUT2D eigenvalue weighted by atomic mass is 32.1. The van der Waals surface area contributed by atoms with Crippen LogP contribution in [0.15, 0.2) is 58.4 Å². The van der Waals surface area contributed by atoms with Crippen LogP contribution in [-0.2, 0) is 5.41 Å². The van der Waals surface area contributed by atoms with Gasteiger partial charge in [-0.25, -0.2) is 9.97 Å². The Labute approximate surface area is 190 Å². The van der Waals surface area contributed by atoms with Gasteiger partial charge in [-0.2, -0.15) is 0 Å². The summed E-state index contributed by atoms with van der Waals surface area (Å²) >= 11 is 8.48. The van der Waals surface area contributed by atoms with Crippen LogP contribution in [0.4, 0.5) is 0 Å². The first-order valence-corrected chi connectivity index (χ1v) is 12.1. The molecule has 0 fully saturated rings. The van der Waals surface area contributed by atoms with E-state index < -0.39 is 0 Å². The Balaban J connectivity index is 1.70. The van der Waals surface area contributed by atoms with Crippen molar-refractivity contribution in [1.29, 1.82) is 0 Å². The van der Waals surface area contributed by atoms with E-state index in [2.05, 4.69) is 84.8 Å². The lowest BCUT2D eigenvalue weighted by Crippen LogP contribution is -2.11. The monoisotopic (exact) mass is 446 g/mol. The summed E-state index contributed by atoms with van der Waals surface area (Å²) in [6, 6.07) is 13.2. The molecule has 0 spiro atoms. The van der Waals surface area contributed by atoms with Crippen LogP contribution >= 0.6 is 35.3 Å². The average molecular weight is 447 g/mol. The number of thiol groups is 1. The number of aromatic nitrogens is 2. The smallest absolute Gasteiger partial charge is 0.116 e. The Hall–Kier alpha value is -2.21. The number of hydrogen-bond donors (Lipinski definition) is 1. The van der Waals surface area contributed by atoms with Gasteiger partial charge in [0.1, 0.15) is 6.33 Å².